The smallest absolute Gasteiger partial charge is 0.407 e. The first kappa shape index (κ1) is 13.4. The molecular formula is C15H12F2N2O2. The second-order valence-electron chi connectivity index (χ2n) is 4.54. The van der Waals surface area contributed by atoms with Crippen LogP contribution in [0, 0.1) is 11.6 Å². The zero-order chi connectivity index (χ0) is 14.8. The Morgan fingerprint density at radius 3 is 2.81 bits per heavy atom. The summed E-state index contributed by atoms with van der Waals surface area (Å²) < 4.78 is 31.4. The number of fused-ring (bicyclic) bond motifs is 1. The summed E-state index contributed by atoms with van der Waals surface area (Å²) >= 11 is 0. The minimum absolute atomic E-state index is 0.294. The average Bonchev–Trinajstić information content (AvgIpc) is 2.49. The number of hydrogen-bond acceptors (Lipinski definition) is 3. The van der Waals surface area contributed by atoms with Crippen LogP contribution in [0.1, 0.15) is 0 Å². The summed E-state index contributed by atoms with van der Waals surface area (Å²) in [5.41, 5.74) is 1.47. The molecule has 2 aromatic rings. The van der Waals surface area contributed by atoms with Crippen LogP contribution in [-0.4, -0.2) is 19.2 Å². The molecule has 6 heteroatoms. The third-order valence-corrected chi connectivity index (χ3v) is 3.16. The molecule has 0 aliphatic carbocycles. The number of halogens is 2. The number of rotatable bonds is 1. The lowest BCUT2D eigenvalue weighted by molar-refractivity contribution is 0.205. The van der Waals surface area contributed by atoms with Crippen molar-refractivity contribution in [3.63, 3.8) is 0 Å². The first-order valence-electron chi connectivity index (χ1n) is 6.42. The Morgan fingerprint density at radius 1 is 1.19 bits per heavy atom. The Balaban J connectivity index is 1.83. The number of para-hydroxylation sites is 2. The minimum atomic E-state index is -0.910. The lowest BCUT2D eigenvalue weighted by Gasteiger charge is -2.29. The molecule has 2 aromatic carbocycles. The molecule has 0 saturated carbocycles. The molecule has 108 valence electrons. The molecule has 0 atom stereocenters. The molecule has 3 rings (SSSR count). The lowest BCUT2D eigenvalue weighted by Crippen LogP contribution is -2.40. The first-order chi connectivity index (χ1) is 10.1. The van der Waals surface area contributed by atoms with Crippen molar-refractivity contribution >= 4 is 17.5 Å². The monoisotopic (exact) mass is 290 g/mol. The van der Waals surface area contributed by atoms with Crippen LogP contribution in [0.4, 0.5) is 25.0 Å². The maximum absolute atomic E-state index is 13.5. The summed E-state index contributed by atoms with van der Waals surface area (Å²) in [5, 5.41) is 3.16. The van der Waals surface area contributed by atoms with Crippen LogP contribution < -0.4 is 15.0 Å². The molecule has 0 unspecified atom stereocenters. The van der Waals surface area contributed by atoms with Crippen LogP contribution in [-0.2, 0) is 0 Å². The molecule has 0 saturated heterocycles. The molecule has 1 aliphatic rings. The van der Waals surface area contributed by atoms with Crippen molar-refractivity contribution in [1.82, 2.24) is 0 Å². The summed E-state index contributed by atoms with van der Waals surface area (Å²) in [4.78, 5) is 13.6. The third-order valence-electron chi connectivity index (χ3n) is 3.16. The summed E-state index contributed by atoms with van der Waals surface area (Å²) in [6.07, 6.45) is -0.700. The van der Waals surface area contributed by atoms with Gasteiger partial charge >= 0.3 is 6.09 Å². The fraction of sp³-hybridized carbons (Fsp3) is 0.133. The van der Waals surface area contributed by atoms with Gasteiger partial charge in [-0.25, -0.2) is 13.6 Å². The average molecular weight is 290 g/mol. The van der Waals surface area contributed by atoms with Crippen LogP contribution in [0.2, 0.25) is 0 Å². The maximum Gasteiger partial charge on any atom is 0.419 e. The van der Waals surface area contributed by atoms with Crippen molar-refractivity contribution < 1.29 is 18.3 Å². The molecule has 0 bridgehead atoms. The molecule has 0 fully saturated rings. The molecule has 1 amide bonds. The van der Waals surface area contributed by atoms with Gasteiger partial charge in [-0.15, -0.1) is 0 Å². The van der Waals surface area contributed by atoms with E-state index in [0.29, 0.717) is 24.8 Å². The van der Waals surface area contributed by atoms with Crippen molar-refractivity contribution in [1.29, 1.82) is 0 Å². The van der Waals surface area contributed by atoms with E-state index in [1.54, 1.807) is 12.1 Å². The van der Waals surface area contributed by atoms with Gasteiger partial charge < -0.3 is 10.1 Å². The standard InChI is InChI=1S/C15H12F2N2O2/c16-10-5-6-14(11(17)9-10)21-15(20)19-8-7-18-12-3-1-2-4-13(12)19/h1-6,9,18H,7-8H2. The molecule has 0 aromatic heterocycles. The zero-order valence-electron chi connectivity index (χ0n) is 11.0. The fourth-order valence-corrected chi connectivity index (χ4v) is 2.18. The van der Waals surface area contributed by atoms with Gasteiger partial charge in [0.1, 0.15) is 5.82 Å². The highest BCUT2D eigenvalue weighted by molar-refractivity contribution is 5.94. The normalized spacial score (nSPS) is 13.3. The van der Waals surface area contributed by atoms with E-state index >= 15 is 0 Å². The number of nitrogens with zero attached hydrogens (tertiary/aromatic N) is 1. The number of benzene rings is 2. The molecule has 4 nitrogen and oxygen atoms in total. The van der Waals surface area contributed by atoms with Gasteiger partial charge in [0.05, 0.1) is 11.4 Å². The Kier molecular flexibility index (Phi) is 3.43. The summed E-state index contributed by atoms with van der Waals surface area (Å²) in [6, 6.07) is 10.1. The lowest BCUT2D eigenvalue weighted by atomic mass is 10.2. The van der Waals surface area contributed by atoms with Gasteiger partial charge in [0.15, 0.2) is 11.6 Å². The number of carbonyl (C=O) groups is 1. The molecule has 1 aliphatic heterocycles. The highest BCUT2D eigenvalue weighted by Gasteiger charge is 2.24. The minimum Gasteiger partial charge on any atom is -0.407 e. The number of anilines is 2. The Labute approximate surface area is 119 Å². The highest BCUT2D eigenvalue weighted by Crippen LogP contribution is 2.29. The number of amides is 1. The zero-order valence-corrected chi connectivity index (χ0v) is 11.0. The van der Waals surface area contributed by atoms with E-state index < -0.39 is 17.7 Å². The quantitative estimate of drug-likeness (QED) is 0.875. The van der Waals surface area contributed by atoms with Crippen LogP contribution in [0.3, 0.4) is 0 Å². The highest BCUT2D eigenvalue weighted by atomic mass is 19.1. The molecule has 1 N–H and O–H groups in total. The molecular weight excluding hydrogens is 278 g/mol. The number of hydrogen-bond donors (Lipinski definition) is 1. The van der Waals surface area contributed by atoms with E-state index in [9.17, 15) is 13.6 Å². The van der Waals surface area contributed by atoms with Crippen molar-refractivity contribution in [2.45, 2.75) is 0 Å². The van der Waals surface area contributed by atoms with E-state index in [0.717, 1.165) is 17.8 Å². The third kappa shape index (κ3) is 2.65. The largest absolute Gasteiger partial charge is 0.419 e. The summed E-state index contributed by atoms with van der Waals surface area (Å²) in [6.45, 7) is 0.969. The van der Waals surface area contributed by atoms with E-state index in [4.69, 9.17) is 4.74 Å². The van der Waals surface area contributed by atoms with Crippen molar-refractivity contribution in [3.05, 3.63) is 54.1 Å². The van der Waals surface area contributed by atoms with Crippen LogP contribution >= 0.6 is 0 Å². The van der Waals surface area contributed by atoms with Crippen molar-refractivity contribution in [2.24, 2.45) is 0 Å². The van der Waals surface area contributed by atoms with E-state index in [1.807, 2.05) is 12.1 Å². The molecule has 1 heterocycles. The van der Waals surface area contributed by atoms with Crippen molar-refractivity contribution in [2.75, 3.05) is 23.3 Å². The predicted molar refractivity (Wildman–Crippen MR) is 74.7 cm³/mol. The van der Waals surface area contributed by atoms with Gasteiger partial charge in [-0.2, -0.15) is 0 Å². The topological polar surface area (TPSA) is 41.6 Å². The molecule has 21 heavy (non-hydrogen) atoms. The van der Waals surface area contributed by atoms with Crippen LogP contribution in [0.15, 0.2) is 42.5 Å². The van der Waals surface area contributed by atoms with Gasteiger partial charge in [0.2, 0.25) is 0 Å². The van der Waals surface area contributed by atoms with E-state index in [-0.39, 0.29) is 5.75 Å². The van der Waals surface area contributed by atoms with Crippen molar-refractivity contribution in [3.8, 4) is 5.75 Å². The van der Waals surface area contributed by atoms with Gasteiger partial charge in [-0.05, 0) is 24.3 Å². The maximum atomic E-state index is 13.5. The van der Waals surface area contributed by atoms with Crippen LogP contribution in [0.5, 0.6) is 5.75 Å². The van der Waals surface area contributed by atoms with Gasteiger partial charge in [-0.3, -0.25) is 4.90 Å². The van der Waals surface area contributed by atoms with Crippen LogP contribution in [0.25, 0.3) is 0 Å². The van der Waals surface area contributed by atoms with Gasteiger partial charge in [0, 0.05) is 19.2 Å². The Morgan fingerprint density at radius 2 is 2.00 bits per heavy atom. The van der Waals surface area contributed by atoms with E-state index in [2.05, 4.69) is 5.32 Å². The van der Waals surface area contributed by atoms with Gasteiger partial charge in [0.25, 0.3) is 0 Å². The number of nitrogens with one attached hydrogen (secondary N) is 1. The summed E-state index contributed by atoms with van der Waals surface area (Å²) in [5.74, 6) is -1.93. The number of carbonyl (C=O) groups excluding carboxylic acids is 1. The Bertz CT molecular complexity index is 691. The predicted octanol–water partition coefficient (Wildman–Crippen LogP) is 3.40. The second kappa shape index (κ2) is 5.40. The first-order valence-corrected chi connectivity index (χ1v) is 6.42. The van der Waals surface area contributed by atoms with E-state index in [1.165, 1.54) is 4.90 Å². The SMILES string of the molecule is O=C(Oc1ccc(F)cc1F)N1CCNc2ccccc21. The second-order valence-corrected chi connectivity index (χ2v) is 4.54. The Hall–Kier alpha value is -2.63. The van der Waals surface area contributed by atoms with Gasteiger partial charge in [-0.1, -0.05) is 12.1 Å². The molecule has 0 spiro atoms. The fourth-order valence-electron chi connectivity index (χ4n) is 2.18. The number of ether oxygens (including phenoxy) is 1. The summed E-state index contributed by atoms with van der Waals surface area (Å²) in [7, 11) is 0. The molecule has 0 radical (unpaired) electrons.